The van der Waals surface area contributed by atoms with Crippen molar-refractivity contribution >= 4 is 5.82 Å². The van der Waals surface area contributed by atoms with Crippen molar-refractivity contribution in [3.63, 3.8) is 0 Å². The zero-order valence-electron chi connectivity index (χ0n) is 11.3. The molecule has 0 aliphatic carbocycles. The molecular formula is C16H20N2. The van der Waals surface area contributed by atoms with Crippen LogP contribution in [0.25, 0.3) is 0 Å². The predicted octanol–water partition coefficient (Wildman–Crippen LogP) is 3.99. The van der Waals surface area contributed by atoms with Gasteiger partial charge in [-0.25, -0.2) is 4.98 Å². The largest absolute Gasteiger partial charge is 0.366 e. The average molecular weight is 240 g/mol. The van der Waals surface area contributed by atoms with Gasteiger partial charge in [-0.1, -0.05) is 51.1 Å². The lowest BCUT2D eigenvalue weighted by atomic mass is 9.87. The van der Waals surface area contributed by atoms with E-state index in [9.17, 15) is 0 Å². The summed E-state index contributed by atoms with van der Waals surface area (Å²) in [6.45, 7) is 7.50. The van der Waals surface area contributed by atoms with Gasteiger partial charge in [-0.3, -0.25) is 0 Å². The van der Waals surface area contributed by atoms with E-state index in [1.54, 1.807) is 6.20 Å². The molecule has 1 aromatic heterocycles. The molecule has 0 aliphatic rings. The second kappa shape index (κ2) is 5.21. The number of nitrogens with one attached hydrogen (secondary N) is 1. The highest BCUT2D eigenvalue weighted by Crippen LogP contribution is 2.22. The lowest BCUT2D eigenvalue weighted by molar-refractivity contribution is 0.590. The molecule has 94 valence electrons. The Balaban J connectivity index is 1.99. The summed E-state index contributed by atoms with van der Waals surface area (Å²) in [7, 11) is 0. The van der Waals surface area contributed by atoms with Crippen molar-refractivity contribution in [2.24, 2.45) is 0 Å². The molecule has 1 heterocycles. The Morgan fingerprint density at radius 2 is 1.72 bits per heavy atom. The van der Waals surface area contributed by atoms with Gasteiger partial charge in [0.1, 0.15) is 5.82 Å². The van der Waals surface area contributed by atoms with Gasteiger partial charge in [0.05, 0.1) is 0 Å². The molecular weight excluding hydrogens is 220 g/mol. The molecule has 0 radical (unpaired) electrons. The van der Waals surface area contributed by atoms with Crippen LogP contribution in [0.15, 0.2) is 48.7 Å². The zero-order chi connectivity index (χ0) is 13.0. The summed E-state index contributed by atoms with van der Waals surface area (Å²) in [4.78, 5) is 4.24. The summed E-state index contributed by atoms with van der Waals surface area (Å²) in [5.41, 5.74) is 2.85. The van der Waals surface area contributed by atoms with Crippen LogP contribution in [0, 0.1) is 0 Å². The Morgan fingerprint density at radius 1 is 1.00 bits per heavy atom. The van der Waals surface area contributed by atoms with Crippen LogP contribution >= 0.6 is 0 Å². The van der Waals surface area contributed by atoms with E-state index in [0.29, 0.717) is 0 Å². The Labute approximate surface area is 109 Å². The Bertz CT molecular complexity index is 481. The fraction of sp³-hybridized carbons (Fsp3) is 0.312. The van der Waals surface area contributed by atoms with Crippen LogP contribution in [0.4, 0.5) is 5.82 Å². The molecule has 0 spiro atoms. The van der Waals surface area contributed by atoms with E-state index < -0.39 is 0 Å². The third kappa shape index (κ3) is 3.33. The number of rotatable bonds is 3. The van der Waals surface area contributed by atoms with Crippen LogP contribution in [0.5, 0.6) is 0 Å². The molecule has 0 saturated carbocycles. The van der Waals surface area contributed by atoms with Crippen LogP contribution in [-0.4, -0.2) is 4.98 Å². The van der Waals surface area contributed by atoms with Gasteiger partial charge in [0.15, 0.2) is 0 Å². The summed E-state index contributed by atoms with van der Waals surface area (Å²) in [6, 6.07) is 14.6. The highest BCUT2D eigenvalue weighted by molar-refractivity contribution is 5.35. The van der Waals surface area contributed by atoms with Crippen LogP contribution in [-0.2, 0) is 12.0 Å². The van der Waals surface area contributed by atoms with Crippen LogP contribution < -0.4 is 5.32 Å². The minimum atomic E-state index is 0.215. The Hall–Kier alpha value is -1.83. The van der Waals surface area contributed by atoms with Gasteiger partial charge in [-0.2, -0.15) is 0 Å². The summed E-state index contributed by atoms with van der Waals surface area (Å²) in [6.07, 6.45) is 1.80. The quantitative estimate of drug-likeness (QED) is 0.877. The first kappa shape index (κ1) is 12.6. The molecule has 0 fully saturated rings. The first-order chi connectivity index (χ1) is 8.55. The van der Waals surface area contributed by atoms with E-state index in [1.807, 2.05) is 18.2 Å². The fourth-order valence-corrected chi connectivity index (χ4v) is 1.78. The average Bonchev–Trinajstić information content (AvgIpc) is 2.37. The molecule has 2 aromatic rings. The highest BCUT2D eigenvalue weighted by atomic mass is 15.0. The lowest BCUT2D eigenvalue weighted by Gasteiger charge is -2.19. The molecule has 0 amide bonds. The fourth-order valence-electron chi connectivity index (χ4n) is 1.78. The standard InChI is InChI=1S/C16H20N2/c1-16(2,3)14-9-7-13(8-10-14)12-18-15-6-4-5-11-17-15/h4-11H,12H2,1-3H3,(H,17,18). The van der Waals surface area contributed by atoms with E-state index in [0.717, 1.165) is 12.4 Å². The van der Waals surface area contributed by atoms with Crippen molar-refractivity contribution in [3.8, 4) is 0 Å². The molecule has 1 N–H and O–H groups in total. The smallest absolute Gasteiger partial charge is 0.126 e. The van der Waals surface area contributed by atoms with E-state index in [1.165, 1.54) is 11.1 Å². The van der Waals surface area contributed by atoms with Crippen LogP contribution in [0.1, 0.15) is 31.9 Å². The summed E-state index contributed by atoms with van der Waals surface area (Å²) in [5.74, 6) is 0.914. The summed E-state index contributed by atoms with van der Waals surface area (Å²) in [5, 5.41) is 3.31. The molecule has 18 heavy (non-hydrogen) atoms. The van der Waals surface area contributed by atoms with E-state index in [4.69, 9.17) is 0 Å². The van der Waals surface area contributed by atoms with E-state index in [2.05, 4.69) is 55.3 Å². The number of hydrogen-bond donors (Lipinski definition) is 1. The maximum Gasteiger partial charge on any atom is 0.126 e. The van der Waals surface area contributed by atoms with Crippen molar-refractivity contribution in [1.82, 2.24) is 4.98 Å². The van der Waals surface area contributed by atoms with Crippen molar-refractivity contribution < 1.29 is 0 Å². The molecule has 1 aromatic carbocycles. The van der Waals surface area contributed by atoms with Gasteiger partial charge in [-0.15, -0.1) is 0 Å². The number of aromatic nitrogens is 1. The SMILES string of the molecule is CC(C)(C)c1ccc(CNc2ccccn2)cc1. The second-order valence-electron chi connectivity index (χ2n) is 5.52. The normalized spacial score (nSPS) is 11.3. The molecule has 2 nitrogen and oxygen atoms in total. The molecule has 0 aliphatic heterocycles. The van der Waals surface area contributed by atoms with Crippen molar-refractivity contribution in [3.05, 3.63) is 59.8 Å². The van der Waals surface area contributed by atoms with Crippen LogP contribution in [0.2, 0.25) is 0 Å². The second-order valence-corrected chi connectivity index (χ2v) is 5.52. The maximum absolute atomic E-state index is 4.24. The lowest BCUT2D eigenvalue weighted by Crippen LogP contribution is -2.11. The van der Waals surface area contributed by atoms with Gasteiger partial charge in [0.2, 0.25) is 0 Å². The highest BCUT2D eigenvalue weighted by Gasteiger charge is 2.12. The molecule has 2 heteroatoms. The minimum Gasteiger partial charge on any atom is -0.366 e. The number of benzene rings is 1. The van der Waals surface area contributed by atoms with E-state index in [-0.39, 0.29) is 5.41 Å². The van der Waals surface area contributed by atoms with Crippen molar-refractivity contribution in [1.29, 1.82) is 0 Å². The molecule has 2 rings (SSSR count). The third-order valence-corrected chi connectivity index (χ3v) is 2.96. The maximum atomic E-state index is 4.24. The van der Waals surface area contributed by atoms with Crippen molar-refractivity contribution in [2.45, 2.75) is 32.7 Å². The molecule has 0 bridgehead atoms. The van der Waals surface area contributed by atoms with Gasteiger partial charge in [0, 0.05) is 12.7 Å². The molecule has 0 saturated heterocycles. The number of hydrogen-bond acceptors (Lipinski definition) is 2. The van der Waals surface area contributed by atoms with Gasteiger partial charge >= 0.3 is 0 Å². The number of nitrogens with zero attached hydrogens (tertiary/aromatic N) is 1. The monoisotopic (exact) mass is 240 g/mol. The molecule has 0 atom stereocenters. The van der Waals surface area contributed by atoms with E-state index >= 15 is 0 Å². The van der Waals surface area contributed by atoms with Crippen LogP contribution in [0.3, 0.4) is 0 Å². The number of pyridine rings is 1. The summed E-state index contributed by atoms with van der Waals surface area (Å²) >= 11 is 0. The van der Waals surface area contributed by atoms with Crippen molar-refractivity contribution in [2.75, 3.05) is 5.32 Å². The summed E-state index contributed by atoms with van der Waals surface area (Å²) < 4.78 is 0. The molecule has 0 unspecified atom stereocenters. The Kier molecular flexibility index (Phi) is 3.66. The number of anilines is 1. The first-order valence-corrected chi connectivity index (χ1v) is 6.30. The van der Waals surface area contributed by atoms with Gasteiger partial charge in [-0.05, 0) is 28.7 Å². The topological polar surface area (TPSA) is 24.9 Å². The Morgan fingerprint density at radius 3 is 2.28 bits per heavy atom. The first-order valence-electron chi connectivity index (χ1n) is 6.30. The minimum absolute atomic E-state index is 0.215. The van der Waals surface area contributed by atoms with Gasteiger partial charge < -0.3 is 5.32 Å². The third-order valence-electron chi connectivity index (χ3n) is 2.96. The van der Waals surface area contributed by atoms with Gasteiger partial charge in [0.25, 0.3) is 0 Å². The zero-order valence-corrected chi connectivity index (χ0v) is 11.3. The predicted molar refractivity (Wildman–Crippen MR) is 76.7 cm³/mol.